The maximum Gasteiger partial charge on any atom is 0.254 e. The van der Waals surface area contributed by atoms with Gasteiger partial charge in [0.2, 0.25) is 0 Å². The number of hydrogen-bond acceptors (Lipinski definition) is 1. The Morgan fingerprint density at radius 2 is 1.60 bits per heavy atom. The standard InChI is InChI=1S/C17H20FNO/c18-15-4-2-1-3-14(15)16(20)19-17-8-11-5-12(9-17)7-13(6-11)10-17/h1-4,11-13H,5-10H2,(H,19,20). The third kappa shape index (κ3) is 1.95. The predicted molar refractivity (Wildman–Crippen MR) is 74.8 cm³/mol. The van der Waals surface area contributed by atoms with Gasteiger partial charge in [-0.15, -0.1) is 0 Å². The van der Waals surface area contributed by atoms with Gasteiger partial charge < -0.3 is 5.32 Å². The van der Waals surface area contributed by atoms with Crippen molar-refractivity contribution in [3.8, 4) is 0 Å². The Balaban J connectivity index is 1.57. The van der Waals surface area contributed by atoms with Crippen molar-refractivity contribution in [2.45, 2.75) is 44.1 Å². The summed E-state index contributed by atoms with van der Waals surface area (Å²) in [6.07, 6.45) is 7.32. The summed E-state index contributed by atoms with van der Waals surface area (Å²) >= 11 is 0. The summed E-state index contributed by atoms with van der Waals surface area (Å²) in [6, 6.07) is 6.27. The van der Waals surface area contributed by atoms with E-state index < -0.39 is 5.82 Å². The van der Waals surface area contributed by atoms with Gasteiger partial charge in [-0.1, -0.05) is 12.1 Å². The molecule has 4 aliphatic rings. The highest BCUT2D eigenvalue weighted by Crippen LogP contribution is 2.55. The molecular formula is C17H20FNO. The molecule has 5 rings (SSSR count). The minimum atomic E-state index is -0.422. The highest BCUT2D eigenvalue weighted by atomic mass is 19.1. The van der Waals surface area contributed by atoms with Crippen molar-refractivity contribution in [3.05, 3.63) is 35.6 Å². The molecule has 2 nitrogen and oxygen atoms in total. The second-order valence-electron chi connectivity index (χ2n) is 7.13. The molecule has 4 fully saturated rings. The van der Waals surface area contributed by atoms with Crippen LogP contribution in [-0.4, -0.2) is 11.4 Å². The van der Waals surface area contributed by atoms with Crippen LogP contribution in [0.1, 0.15) is 48.9 Å². The molecule has 0 radical (unpaired) electrons. The number of nitrogens with one attached hydrogen (secondary N) is 1. The largest absolute Gasteiger partial charge is 0.346 e. The minimum Gasteiger partial charge on any atom is -0.346 e. The van der Waals surface area contributed by atoms with Crippen LogP contribution in [0, 0.1) is 23.6 Å². The highest BCUT2D eigenvalue weighted by Gasteiger charge is 2.51. The maximum atomic E-state index is 13.7. The van der Waals surface area contributed by atoms with Crippen LogP contribution in [0.25, 0.3) is 0 Å². The van der Waals surface area contributed by atoms with Gasteiger partial charge in [0.1, 0.15) is 5.82 Å². The van der Waals surface area contributed by atoms with Gasteiger partial charge in [-0.3, -0.25) is 4.79 Å². The van der Waals surface area contributed by atoms with Gasteiger partial charge in [0.15, 0.2) is 0 Å². The summed E-state index contributed by atoms with van der Waals surface area (Å²) in [7, 11) is 0. The Morgan fingerprint density at radius 1 is 1.05 bits per heavy atom. The Labute approximate surface area is 118 Å². The van der Waals surface area contributed by atoms with Gasteiger partial charge in [0, 0.05) is 5.54 Å². The smallest absolute Gasteiger partial charge is 0.254 e. The number of benzene rings is 1. The Hall–Kier alpha value is -1.38. The van der Waals surface area contributed by atoms with Crippen molar-refractivity contribution in [1.82, 2.24) is 5.32 Å². The molecule has 1 aromatic carbocycles. The summed E-state index contributed by atoms with van der Waals surface area (Å²) in [6.45, 7) is 0. The van der Waals surface area contributed by atoms with E-state index in [1.165, 1.54) is 25.3 Å². The average molecular weight is 273 g/mol. The third-order valence-corrected chi connectivity index (χ3v) is 5.54. The van der Waals surface area contributed by atoms with Crippen LogP contribution < -0.4 is 5.32 Å². The van der Waals surface area contributed by atoms with Crippen molar-refractivity contribution in [2.24, 2.45) is 17.8 Å². The van der Waals surface area contributed by atoms with Gasteiger partial charge in [-0.25, -0.2) is 4.39 Å². The molecule has 1 aromatic rings. The monoisotopic (exact) mass is 273 g/mol. The zero-order valence-electron chi connectivity index (χ0n) is 11.6. The molecular weight excluding hydrogens is 253 g/mol. The molecule has 106 valence electrons. The van der Waals surface area contributed by atoms with Crippen LogP contribution in [0.4, 0.5) is 4.39 Å². The van der Waals surface area contributed by atoms with Crippen molar-refractivity contribution < 1.29 is 9.18 Å². The second kappa shape index (κ2) is 4.31. The quantitative estimate of drug-likeness (QED) is 0.877. The summed E-state index contributed by atoms with van der Waals surface area (Å²) in [5.74, 6) is 1.69. The van der Waals surface area contributed by atoms with Crippen LogP contribution in [0.2, 0.25) is 0 Å². The fourth-order valence-electron chi connectivity index (χ4n) is 5.22. The first-order chi connectivity index (χ1) is 9.63. The summed E-state index contributed by atoms with van der Waals surface area (Å²) < 4.78 is 13.7. The van der Waals surface area contributed by atoms with E-state index >= 15 is 0 Å². The molecule has 0 unspecified atom stereocenters. The van der Waals surface area contributed by atoms with E-state index in [0.29, 0.717) is 0 Å². The van der Waals surface area contributed by atoms with Gasteiger partial charge in [-0.2, -0.15) is 0 Å². The van der Waals surface area contributed by atoms with Crippen LogP contribution in [0.15, 0.2) is 24.3 Å². The van der Waals surface area contributed by atoms with E-state index in [9.17, 15) is 9.18 Å². The van der Waals surface area contributed by atoms with Crippen LogP contribution >= 0.6 is 0 Å². The third-order valence-electron chi connectivity index (χ3n) is 5.54. The fourth-order valence-corrected chi connectivity index (χ4v) is 5.22. The van der Waals surface area contributed by atoms with Crippen LogP contribution in [-0.2, 0) is 0 Å². The molecule has 3 heteroatoms. The van der Waals surface area contributed by atoms with Gasteiger partial charge in [0.25, 0.3) is 5.91 Å². The SMILES string of the molecule is O=C(NC12CC3CC(CC(C3)C1)C2)c1ccccc1F. The molecule has 0 saturated heterocycles. The van der Waals surface area contributed by atoms with Crippen LogP contribution in [0.5, 0.6) is 0 Å². The molecule has 0 aliphatic heterocycles. The lowest BCUT2D eigenvalue weighted by atomic mass is 9.53. The van der Waals surface area contributed by atoms with Crippen LogP contribution in [0.3, 0.4) is 0 Å². The van der Waals surface area contributed by atoms with E-state index in [0.717, 1.165) is 37.0 Å². The zero-order valence-corrected chi connectivity index (χ0v) is 11.6. The normalized spacial score (nSPS) is 38.0. The van der Waals surface area contributed by atoms with Gasteiger partial charge in [-0.05, 0) is 68.4 Å². The molecule has 20 heavy (non-hydrogen) atoms. The molecule has 1 amide bonds. The minimum absolute atomic E-state index is 0.0475. The topological polar surface area (TPSA) is 29.1 Å². The molecule has 0 heterocycles. The number of carbonyl (C=O) groups excluding carboxylic acids is 1. The summed E-state index contributed by atoms with van der Waals surface area (Å²) in [5, 5.41) is 3.20. The van der Waals surface area contributed by atoms with Crippen molar-refractivity contribution >= 4 is 5.91 Å². The van der Waals surface area contributed by atoms with E-state index in [4.69, 9.17) is 0 Å². The molecule has 4 aliphatic carbocycles. The Morgan fingerprint density at radius 3 is 2.15 bits per heavy atom. The molecule has 1 N–H and O–H groups in total. The maximum absolute atomic E-state index is 13.7. The first kappa shape index (κ1) is 12.4. The number of hydrogen-bond donors (Lipinski definition) is 1. The lowest BCUT2D eigenvalue weighted by molar-refractivity contribution is -0.0167. The first-order valence-electron chi connectivity index (χ1n) is 7.71. The summed E-state index contributed by atoms with van der Waals surface area (Å²) in [4.78, 5) is 12.4. The lowest BCUT2D eigenvalue weighted by Crippen LogP contribution is -2.59. The highest BCUT2D eigenvalue weighted by molar-refractivity contribution is 5.95. The van der Waals surface area contributed by atoms with E-state index in [2.05, 4.69) is 5.32 Å². The van der Waals surface area contributed by atoms with Gasteiger partial charge in [0.05, 0.1) is 5.56 Å². The molecule has 0 spiro atoms. The first-order valence-corrected chi connectivity index (χ1v) is 7.71. The number of halogens is 1. The van der Waals surface area contributed by atoms with Gasteiger partial charge >= 0.3 is 0 Å². The van der Waals surface area contributed by atoms with Crippen molar-refractivity contribution in [1.29, 1.82) is 0 Å². The second-order valence-corrected chi connectivity index (χ2v) is 7.13. The van der Waals surface area contributed by atoms with Crippen molar-refractivity contribution in [3.63, 3.8) is 0 Å². The zero-order chi connectivity index (χ0) is 13.7. The number of rotatable bonds is 2. The molecule has 4 saturated carbocycles. The van der Waals surface area contributed by atoms with E-state index in [1.54, 1.807) is 18.2 Å². The number of carbonyl (C=O) groups is 1. The fraction of sp³-hybridized carbons (Fsp3) is 0.588. The average Bonchev–Trinajstić information content (AvgIpc) is 2.36. The molecule has 0 atom stereocenters. The molecule has 0 aromatic heterocycles. The summed E-state index contributed by atoms with van der Waals surface area (Å²) in [5.41, 5.74) is 0.136. The number of amides is 1. The Kier molecular flexibility index (Phi) is 2.66. The van der Waals surface area contributed by atoms with Crippen molar-refractivity contribution in [2.75, 3.05) is 0 Å². The van der Waals surface area contributed by atoms with E-state index in [1.807, 2.05) is 0 Å². The molecule has 4 bridgehead atoms. The Bertz CT molecular complexity index is 518. The lowest BCUT2D eigenvalue weighted by Gasteiger charge is -2.56. The predicted octanol–water partition coefficient (Wildman–Crippen LogP) is 3.52. The van der Waals surface area contributed by atoms with E-state index in [-0.39, 0.29) is 17.0 Å².